The Kier molecular flexibility index (Phi) is 6.47. The number of hydrogen-bond acceptors (Lipinski definition) is 5. The highest BCUT2D eigenvalue weighted by molar-refractivity contribution is 5.85. The third-order valence-corrected chi connectivity index (χ3v) is 0.474. The van der Waals surface area contributed by atoms with Crippen LogP contribution >= 0.6 is 12.4 Å². The van der Waals surface area contributed by atoms with Gasteiger partial charge in [-0.05, 0) is 0 Å². The van der Waals surface area contributed by atoms with Crippen molar-refractivity contribution in [1.82, 2.24) is 5.32 Å². The first-order chi connectivity index (χ1) is 3.56. The van der Waals surface area contributed by atoms with Gasteiger partial charge in [-0.15, -0.1) is 12.4 Å². The molecule has 0 aliphatic heterocycles. The van der Waals surface area contributed by atoms with E-state index in [0.29, 0.717) is 0 Å². The predicted molar refractivity (Wildman–Crippen MR) is 31.7 cm³/mol. The minimum Gasteiger partial charge on any atom is -0.381 e. The van der Waals surface area contributed by atoms with Crippen LogP contribution in [0.4, 0.5) is 0 Å². The molecule has 0 fully saturated rings. The van der Waals surface area contributed by atoms with Gasteiger partial charge in [0, 0.05) is 0 Å². The Bertz CT molecular complexity index is 63.3. The largest absolute Gasteiger partial charge is 0.381 e. The molecule has 0 aromatic heterocycles. The lowest BCUT2D eigenvalue weighted by molar-refractivity contribution is -0.307. The van der Waals surface area contributed by atoms with Gasteiger partial charge in [0.1, 0.15) is 0 Å². The molecular weight excluding hydrogens is 149 g/mol. The molecule has 5 N–H and O–H groups in total. The monoisotopic (exact) mass is 159 g/mol. The van der Waals surface area contributed by atoms with E-state index in [2.05, 4.69) is 5.32 Å². The lowest BCUT2D eigenvalue weighted by atomic mass is 10.5. The first-order valence-electron chi connectivity index (χ1n) is 2.05. The lowest BCUT2D eigenvalue weighted by Gasteiger charge is -2.12. The van der Waals surface area contributed by atoms with Crippen LogP contribution < -0.4 is 5.32 Å². The molecule has 0 aliphatic carbocycles. The molecule has 0 amide bonds. The minimum atomic E-state index is -2.72. The standard InChI is InChI=1S/C3H9NO4.ClH/c5-2-4-1-3(6,7)8;/h4-8H,1-2H2;1H. The zero-order chi connectivity index (χ0) is 6.62. The zero-order valence-electron chi connectivity index (χ0n) is 4.61. The van der Waals surface area contributed by atoms with Crippen LogP contribution in [0.25, 0.3) is 0 Å². The van der Waals surface area contributed by atoms with Crippen LogP contribution in [0, 0.1) is 0 Å². The van der Waals surface area contributed by atoms with Crippen molar-refractivity contribution in [2.24, 2.45) is 0 Å². The molecule has 0 spiro atoms. The quantitative estimate of drug-likeness (QED) is 0.296. The van der Waals surface area contributed by atoms with Gasteiger partial charge in [-0.3, -0.25) is 5.32 Å². The van der Waals surface area contributed by atoms with Gasteiger partial charge < -0.3 is 20.4 Å². The average Bonchev–Trinajstić information content (AvgIpc) is 1.59. The van der Waals surface area contributed by atoms with E-state index in [1.54, 1.807) is 0 Å². The van der Waals surface area contributed by atoms with Crippen molar-refractivity contribution in [3.8, 4) is 0 Å². The van der Waals surface area contributed by atoms with Crippen LogP contribution in [0.5, 0.6) is 0 Å². The van der Waals surface area contributed by atoms with E-state index in [0.717, 1.165) is 0 Å². The van der Waals surface area contributed by atoms with E-state index < -0.39 is 19.2 Å². The number of aliphatic hydroxyl groups is 4. The molecule has 0 saturated carbocycles. The van der Waals surface area contributed by atoms with Gasteiger partial charge in [0.05, 0.1) is 13.3 Å². The summed E-state index contributed by atoms with van der Waals surface area (Å²) in [5.74, 6) is -2.72. The first-order valence-corrected chi connectivity index (χ1v) is 2.05. The Morgan fingerprint density at radius 1 is 1.22 bits per heavy atom. The molecule has 58 valence electrons. The molecule has 0 aromatic carbocycles. The zero-order valence-corrected chi connectivity index (χ0v) is 5.43. The van der Waals surface area contributed by atoms with Crippen molar-refractivity contribution in [3.63, 3.8) is 0 Å². The number of nitrogens with one attached hydrogen (secondary N) is 1. The summed E-state index contributed by atoms with van der Waals surface area (Å²) in [5.41, 5.74) is 0. The summed E-state index contributed by atoms with van der Waals surface area (Å²) in [5, 5.41) is 34.3. The normalized spacial score (nSPS) is 10.7. The van der Waals surface area contributed by atoms with Gasteiger partial charge in [-0.1, -0.05) is 0 Å². The molecule has 6 heteroatoms. The Morgan fingerprint density at radius 2 is 1.67 bits per heavy atom. The molecule has 5 nitrogen and oxygen atoms in total. The molecular formula is C3H10ClNO4. The van der Waals surface area contributed by atoms with Crippen LogP contribution in [0.2, 0.25) is 0 Å². The summed E-state index contributed by atoms with van der Waals surface area (Å²) in [4.78, 5) is 0. The number of aliphatic hydroxyl groups excluding tert-OH is 1. The van der Waals surface area contributed by atoms with Gasteiger partial charge in [0.15, 0.2) is 0 Å². The second kappa shape index (κ2) is 4.92. The fourth-order valence-corrected chi connectivity index (χ4v) is 0.224. The van der Waals surface area contributed by atoms with Crippen molar-refractivity contribution in [2.75, 3.05) is 13.3 Å². The molecule has 0 atom stereocenters. The highest BCUT2D eigenvalue weighted by Crippen LogP contribution is 1.85. The average molecular weight is 160 g/mol. The predicted octanol–water partition coefficient (Wildman–Crippen LogP) is -2.42. The van der Waals surface area contributed by atoms with Crippen LogP contribution in [-0.4, -0.2) is 39.7 Å². The summed E-state index contributed by atoms with van der Waals surface area (Å²) in [6.07, 6.45) is 0. The Labute approximate surface area is 58.3 Å². The van der Waals surface area contributed by atoms with Crippen molar-refractivity contribution < 1.29 is 20.4 Å². The second-order valence-corrected chi connectivity index (χ2v) is 1.36. The summed E-state index contributed by atoms with van der Waals surface area (Å²) in [6.45, 7) is -0.868. The molecule has 0 unspecified atom stereocenters. The van der Waals surface area contributed by atoms with Crippen LogP contribution in [0.1, 0.15) is 0 Å². The maximum absolute atomic E-state index is 8.09. The van der Waals surface area contributed by atoms with Crippen LogP contribution in [-0.2, 0) is 0 Å². The summed E-state index contributed by atoms with van der Waals surface area (Å²) in [7, 11) is 0. The van der Waals surface area contributed by atoms with E-state index >= 15 is 0 Å². The first kappa shape index (κ1) is 11.8. The maximum Gasteiger partial charge on any atom is 0.288 e. The SMILES string of the molecule is Cl.OCNCC(O)(O)O. The second-order valence-electron chi connectivity index (χ2n) is 1.36. The van der Waals surface area contributed by atoms with E-state index in [1.807, 2.05) is 0 Å². The van der Waals surface area contributed by atoms with E-state index in [1.165, 1.54) is 0 Å². The smallest absolute Gasteiger partial charge is 0.288 e. The number of hydrogen-bond donors (Lipinski definition) is 5. The molecule has 9 heavy (non-hydrogen) atoms. The molecule has 0 aliphatic rings. The Hall–Kier alpha value is 0.0900. The molecule has 0 bridgehead atoms. The Balaban J connectivity index is 0. The van der Waals surface area contributed by atoms with Crippen LogP contribution in [0.15, 0.2) is 0 Å². The highest BCUT2D eigenvalue weighted by Gasteiger charge is 2.15. The van der Waals surface area contributed by atoms with Crippen molar-refractivity contribution in [3.05, 3.63) is 0 Å². The van der Waals surface area contributed by atoms with E-state index in [9.17, 15) is 0 Å². The van der Waals surface area contributed by atoms with Crippen molar-refractivity contribution in [1.29, 1.82) is 0 Å². The van der Waals surface area contributed by atoms with Gasteiger partial charge in [0.2, 0.25) is 0 Å². The molecule has 0 radical (unpaired) electrons. The van der Waals surface area contributed by atoms with E-state index in [4.69, 9.17) is 20.4 Å². The number of halogens is 1. The van der Waals surface area contributed by atoms with Gasteiger partial charge >= 0.3 is 0 Å². The van der Waals surface area contributed by atoms with Gasteiger partial charge in [-0.25, -0.2) is 0 Å². The summed E-state index contributed by atoms with van der Waals surface area (Å²) < 4.78 is 0. The third-order valence-electron chi connectivity index (χ3n) is 0.474. The third kappa shape index (κ3) is 11.6. The van der Waals surface area contributed by atoms with E-state index in [-0.39, 0.29) is 12.4 Å². The summed E-state index contributed by atoms with van der Waals surface area (Å²) in [6, 6.07) is 0. The van der Waals surface area contributed by atoms with Crippen molar-refractivity contribution in [2.45, 2.75) is 5.97 Å². The van der Waals surface area contributed by atoms with Gasteiger partial charge in [0.25, 0.3) is 5.97 Å². The molecule has 0 rings (SSSR count). The minimum absolute atomic E-state index is 0. The highest BCUT2D eigenvalue weighted by atomic mass is 35.5. The fourth-order valence-electron chi connectivity index (χ4n) is 0.224. The Morgan fingerprint density at radius 3 is 1.78 bits per heavy atom. The van der Waals surface area contributed by atoms with Gasteiger partial charge in [-0.2, -0.15) is 0 Å². The van der Waals surface area contributed by atoms with Crippen LogP contribution in [0.3, 0.4) is 0 Å². The molecule has 0 heterocycles. The summed E-state index contributed by atoms with van der Waals surface area (Å²) >= 11 is 0. The molecule has 0 saturated heterocycles. The number of rotatable bonds is 3. The molecule has 0 aromatic rings. The lowest BCUT2D eigenvalue weighted by Crippen LogP contribution is -2.40. The fraction of sp³-hybridized carbons (Fsp3) is 1.00. The maximum atomic E-state index is 8.09. The topological polar surface area (TPSA) is 93.0 Å². The van der Waals surface area contributed by atoms with Crippen molar-refractivity contribution >= 4 is 12.4 Å².